The minimum Gasteiger partial charge on any atom is -0.383 e. The van der Waals surface area contributed by atoms with Crippen molar-refractivity contribution in [2.45, 2.75) is 31.2 Å². The highest BCUT2D eigenvalue weighted by atomic mass is 32.2. The number of nitrogens with zero attached hydrogens (tertiary/aromatic N) is 3. The van der Waals surface area contributed by atoms with Crippen molar-refractivity contribution in [1.82, 2.24) is 4.98 Å². The standard InChI is InChI=1S/C19H19N5OS/c1-3-12(2)15-6-4-5-7-16(15)23-17(25)11-26-19-14(10-21)8-13(9-20)18(22)24-19/h4-8,12H,3,11H2,1-2H3,(H2,22,24)(H,23,25)/t12-/m1/s1. The number of anilines is 2. The van der Waals surface area contributed by atoms with Crippen LogP contribution in [0.4, 0.5) is 11.5 Å². The van der Waals surface area contributed by atoms with Gasteiger partial charge in [0.1, 0.15) is 23.0 Å². The second-order valence-electron chi connectivity index (χ2n) is 5.73. The number of hydrogen-bond acceptors (Lipinski definition) is 6. The first kappa shape index (κ1) is 19.3. The summed E-state index contributed by atoms with van der Waals surface area (Å²) in [6.45, 7) is 4.21. The van der Waals surface area contributed by atoms with Gasteiger partial charge in [0, 0.05) is 5.69 Å². The van der Waals surface area contributed by atoms with Crippen LogP contribution < -0.4 is 11.1 Å². The van der Waals surface area contributed by atoms with Crippen molar-refractivity contribution in [3.63, 3.8) is 0 Å². The van der Waals surface area contributed by atoms with E-state index in [1.807, 2.05) is 36.4 Å². The highest BCUT2D eigenvalue weighted by Gasteiger charge is 2.14. The zero-order valence-electron chi connectivity index (χ0n) is 14.6. The highest BCUT2D eigenvalue weighted by Crippen LogP contribution is 2.27. The number of aromatic nitrogens is 1. The van der Waals surface area contributed by atoms with Crippen LogP contribution in [0.5, 0.6) is 0 Å². The van der Waals surface area contributed by atoms with Crippen molar-refractivity contribution in [3.8, 4) is 12.1 Å². The second-order valence-corrected chi connectivity index (χ2v) is 6.69. The van der Waals surface area contributed by atoms with E-state index in [1.165, 1.54) is 6.07 Å². The van der Waals surface area contributed by atoms with Crippen molar-refractivity contribution in [2.75, 3.05) is 16.8 Å². The molecule has 0 saturated heterocycles. The van der Waals surface area contributed by atoms with Crippen LogP contribution in [0.25, 0.3) is 0 Å². The van der Waals surface area contributed by atoms with Gasteiger partial charge in [-0.1, -0.05) is 43.8 Å². The van der Waals surface area contributed by atoms with Crippen molar-refractivity contribution < 1.29 is 4.79 Å². The molecule has 1 amide bonds. The van der Waals surface area contributed by atoms with Gasteiger partial charge in [-0.05, 0) is 30.0 Å². The maximum absolute atomic E-state index is 12.3. The molecule has 1 aromatic carbocycles. The summed E-state index contributed by atoms with van der Waals surface area (Å²) in [5.41, 5.74) is 7.96. The number of para-hydroxylation sites is 1. The predicted octanol–water partition coefficient (Wildman–Crippen LogP) is 3.65. The van der Waals surface area contributed by atoms with E-state index in [4.69, 9.17) is 11.0 Å². The number of carbonyl (C=O) groups excluding carboxylic acids is 1. The Bertz CT molecular complexity index is 898. The van der Waals surface area contributed by atoms with Crippen LogP contribution in [0.3, 0.4) is 0 Å². The van der Waals surface area contributed by atoms with Gasteiger partial charge in [-0.3, -0.25) is 4.79 Å². The number of thioether (sulfide) groups is 1. The third kappa shape index (κ3) is 4.53. The van der Waals surface area contributed by atoms with Crippen LogP contribution in [0.1, 0.15) is 42.9 Å². The van der Waals surface area contributed by atoms with Gasteiger partial charge in [-0.25, -0.2) is 4.98 Å². The van der Waals surface area contributed by atoms with Gasteiger partial charge in [0.25, 0.3) is 0 Å². The molecular weight excluding hydrogens is 346 g/mol. The Morgan fingerprint density at radius 1 is 1.31 bits per heavy atom. The maximum Gasteiger partial charge on any atom is 0.234 e. The number of rotatable bonds is 6. The molecule has 0 fully saturated rings. The Labute approximate surface area is 157 Å². The van der Waals surface area contributed by atoms with Crippen molar-refractivity contribution in [2.24, 2.45) is 0 Å². The van der Waals surface area contributed by atoms with Crippen LogP contribution in [0.2, 0.25) is 0 Å². The molecule has 26 heavy (non-hydrogen) atoms. The number of hydrogen-bond donors (Lipinski definition) is 2. The number of nitriles is 2. The summed E-state index contributed by atoms with van der Waals surface area (Å²) in [7, 11) is 0. The van der Waals surface area contributed by atoms with Gasteiger partial charge < -0.3 is 11.1 Å². The molecule has 0 spiro atoms. The molecule has 6 nitrogen and oxygen atoms in total. The summed E-state index contributed by atoms with van der Waals surface area (Å²) in [6.07, 6.45) is 0.974. The third-order valence-electron chi connectivity index (χ3n) is 3.98. The molecule has 1 atom stereocenters. The molecule has 0 bridgehead atoms. The van der Waals surface area contributed by atoms with E-state index < -0.39 is 0 Å². The first-order valence-electron chi connectivity index (χ1n) is 8.12. The lowest BCUT2D eigenvalue weighted by atomic mass is 9.97. The Morgan fingerprint density at radius 3 is 2.65 bits per heavy atom. The Kier molecular flexibility index (Phi) is 6.60. The van der Waals surface area contributed by atoms with Gasteiger partial charge in [-0.2, -0.15) is 10.5 Å². The van der Waals surface area contributed by atoms with Gasteiger partial charge in [0.2, 0.25) is 5.91 Å². The number of pyridine rings is 1. The number of carbonyl (C=O) groups is 1. The van der Waals surface area contributed by atoms with E-state index in [1.54, 1.807) is 0 Å². The smallest absolute Gasteiger partial charge is 0.234 e. The normalized spacial score (nSPS) is 11.2. The lowest BCUT2D eigenvalue weighted by Crippen LogP contribution is -2.16. The molecule has 0 radical (unpaired) electrons. The van der Waals surface area contributed by atoms with E-state index in [2.05, 4.69) is 24.1 Å². The van der Waals surface area contributed by atoms with E-state index in [-0.39, 0.29) is 28.6 Å². The van der Waals surface area contributed by atoms with Gasteiger partial charge in [-0.15, -0.1) is 0 Å². The molecule has 2 aromatic rings. The molecule has 1 aromatic heterocycles. The SMILES string of the molecule is CC[C@@H](C)c1ccccc1NC(=O)CSc1nc(N)c(C#N)cc1C#N. The molecule has 3 N–H and O–H groups in total. The number of nitrogen functional groups attached to an aromatic ring is 1. The fraction of sp³-hybridized carbons (Fsp3) is 0.263. The Balaban J connectivity index is 2.10. The number of nitrogens with two attached hydrogens (primary N) is 1. The number of amides is 1. The summed E-state index contributed by atoms with van der Waals surface area (Å²) >= 11 is 1.12. The molecule has 0 aliphatic carbocycles. The quantitative estimate of drug-likeness (QED) is 0.755. The molecule has 0 aliphatic heterocycles. The second kappa shape index (κ2) is 8.89. The minimum absolute atomic E-state index is 0.0523. The van der Waals surface area contributed by atoms with Crippen LogP contribution in [0, 0.1) is 22.7 Å². The molecule has 132 valence electrons. The first-order chi connectivity index (χ1) is 12.5. The van der Waals surface area contributed by atoms with Crippen LogP contribution in [-0.4, -0.2) is 16.6 Å². The van der Waals surface area contributed by atoms with E-state index >= 15 is 0 Å². The van der Waals surface area contributed by atoms with E-state index in [0.29, 0.717) is 10.9 Å². The van der Waals surface area contributed by atoms with Gasteiger partial charge in [0.05, 0.1) is 16.9 Å². The Hall–Kier alpha value is -3.03. The van der Waals surface area contributed by atoms with Gasteiger partial charge >= 0.3 is 0 Å². The third-order valence-corrected chi connectivity index (χ3v) is 4.97. The van der Waals surface area contributed by atoms with Crippen molar-refractivity contribution >= 4 is 29.2 Å². The molecule has 7 heteroatoms. The van der Waals surface area contributed by atoms with Crippen molar-refractivity contribution in [3.05, 3.63) is 47.0 Å². The topological polar surface area (TPSA) is 116 Å². The lowest BCUT2D eigenvalue weighted by Gasteiger charge is -2.15. The van der Waals surface area contributed by atoms with Crippen LogP contribution in [-0.2, 0) is 4.79 Å². The molecule has 2 rings (SSSR count). The molecule has 0 aliphatic rings. The first-order valence-corrected chi connectivity index (χ1v) is 9.11. The average Bonchev–Trinajstić information content (AvgIpc) is 2.66. The highest BCUT2D eigenvalue weighted by molar-refractivity contribution is 8.00. The van der Waals surface area contributed by atoms with Crippen LogP contribution in [0.15, 0.2) is 35.4 Å². The summed E-state index contributed by atoms with van der Waals surface area (Å²) in [5.74, 6) is 0.280. The lowest BCUT2D eigenvalue weighted by molar-refractivity contribution is -0.113. The number of nitrogens with one attached hydrogen (secondary N) is 1. The van der Waals surface area contributed by atoms with E-state index in [0.717, 1.165) is 29.4 Å². The summed E-state index contributed by atoms with van der Waals surface area (Å²) in [4.78, 5) is 16.4. The summed E-state index contributed by atoms with van der Waals surface area (Å²) in [6, 6.07) is 13.0. The van der Waals surface area contributed by atoms with Gasteiger partial charge in [0.15, 0.2) is 0 Å². The minimum atomic E-state index is -0.195. The molecule has 1 heterocycles. The monoisotopic (exact) mass is 365 g/mol. The number of benzene rings is 1. The zero-order chi connectivity index (χ0) is 19.1. The average molecular weight is 365 g/mol. The maximum atomic E-state index is 12.3. The zero-order valence-corrected chi connectivity index (χ0v) is 15.4. The Morgan fingerprint density at radius 2 is 2.00 bits per heavy atom. The van der Waals surface area contributed by atoms with Crippen LogP contribution >= 0.6 is 11.8 Å². The molecule has 0 unspecified atom stereocenters. The fourth-order valence-corrected chi connectivity index (χ4v) is 3.13. The molecular formula is C19H19N5OS. The molecule has 0 saturated carbocycles. The van der Waals surface area contributed by atoms with Crippen molar-refractivity contribution in [1.29, 1.82) is 10.5 Å². The fourth-order valence-electron chi connectivity index (χ4n) is 2.37. The summed E-state index contributed by atoms with van der Waals surface area (Å²) in [5, 5.41) is 21.4. The predicted molar refractivity (Wildman–Crippen MR) is 103 cm³/mol. The summed E-state index contributed by atoms with van der Waals surface area (Å²) < 4.78 is 0. The van der Waals surface area contributed by atoms with E-state index in [9.17, 15) is 10.1 Å². The largest absolute Gasteiger partial charge is 0.383 e.